The van der Waals surface area contributed by atoms with E-state index in [-0.39, 0.29) is 10.8 Å². The van der Waals surface area contributed by atoms with Crippen LogP contribution in [0.5, 0.6) is 0 Å². The zero-order valence-corrected chi connectivity index (χ0v) is 21.9. The van der Waals surface area contributed by atoms with Crippen molar-refractivity contribution in [2.45, 2.75) is 64.7 Å². The lowest BCUT2D eigenvalue weighted by atomic mass is 9.79. The molecule has 0 unspecified atom stereocenters. The molecule has 0 saturated carbocycles. The molecule has 2 aliphatic heterocycles. The fourth-order valence-corrected chi connectivity index (χ4v) is 6.28. The van der Waals surface area contributed by atoms with E-state index in [0.717, 1.165) is 30.0 Å². The van der Waals surface area contributed by atoms with Crippen molar-refractivity contribution in [3.8, 4) is 0 Å². The van der Waals surface area contributed by atoms with E-state index in [9.17, 15) is 0 Å². The van der Waals surface area contributed by atoms with E-state index in [1.165, 1.54) is 45.0 Å². The molecule has 0 N–H and O–H groups in total. The Kier molecular flexibility index (Phi) is 5.56. The first-order valence-electron chi connectivity index (χ1n) is 12.3. The van der Waals surface area contributed by atoms with E-state index in [1.54, 1.807) is 0 Å². The van der Waals surface area contributed by atoms with Crippen LogP contribution in [0.25, 0.3) is 0 Å². The Balaban J connectivity index is 1.41. The number of benzene rings is 2. The maximum absolute atomic E-state index is 6.97. The minimum atomic E-state index is -0.0414. The fraction of sp³-hybridized carbons (Fsp3) is 0.355. The van der Waals surface area contributed by atoms with E-state index in [0.29, 0.717) is 0 Å². The van der Waals surface area contributed by atoms with Gasteiger partial charge in [0.15, 0.2) is 5.71 Å². The summed E-state index contributed by atoms with van der Waals surface area (Å²) in [5, 5.41) is 0.930. The molecule has 0 atom stereocenters. The average molecular weight is 470 g/mol. The lowest BCUT2D eigenvalue weighted by Crippen LogP contribution is -2.26. The minimum Gasteiger partial charge on any atom is -0.256 e. The third-order valence-corrected chi connectivity index (χ3v) is 8.55. The Hall–Kier alpha value is -2.71. The van der Waals surface area contributed by atoms with Crippen molar-refractivity contribution in [3.05, 3.63) is 93.6 Å². The molecule has 1 aliphatic carbocycles. The third kappa shape index (κ3) is 3.55. The summed E-state index contributed by atoms with van der Waals surface area (Å²) in [6.45, 7) is 11.4. The summed E-state index contributed by atoms with van der Waals surface area (Å²) in [4.78, 5) is 4.99. The second-order valence-corrected chi connectivity index (χ2v) is 11.3. The topological polar surface area (TPSA) is 15.4 Å². The first kappa shape index (κ1) is 23.1. The van der Waals surface area contributed by atoms with Crippen molar-refractivity contribution in [2.75, 3.05) is 7.05 Å². The van der Waals surface area contributed by atoms with Crippen LogP contribution in [0.4, 0.5) is 11.4 Å². The standard InChI is InChI=1S/C31H34ClN2/c1-20(19-27-30(2,3)23-11-7-9-13-25(23)33-27)22-17-15-21(29(22)32)16-18-28-31(4,5)24-12-8-10-14-26(24)34(28)6/h7-14,16,18H,15,17,19H2,1-6H3/q+1. The van der Waals surface area contributed by atoms with Crippen LogP contribution in [0, 0.1) is 0 Å². The van der Waals surface area contributed by atoms with Gasteiger partial charge in [0.05, 0.1) is 11.1 Å². The molecule has 174 valence electrons. The number of fused-ring (bicyclic) bond motifs is 2. The van der Waals surface area contributed by atoms with Crippen molar-refractivity contribution in [1.29, 1.82) is 0 Å². The second-order valence-electron chi connectivity index (χ2n) is 10.9. The molecule has 0 radical (unpaired) electrons. The van der Waals surface area contributed by atoms with E-state index >= 15 is 0 Å². The molecule has 0 amide bonds. The van der Waals surface area contributed by atoms with E-state index in [4.69, 9.17) is 16.6 Å². The van der Waals surface area contributed by atoms with Crippen molar-refractivity contribution in [1.82, 2.24) is 0 Å². The molecule has 2 nitrogen and oxygen atoms in total. The molecule has 0 fully saturated rings. The third-order valence-electron chi connectivity index (χ3n) is 8.08. The highest BCUT2D eigenvalue weighted by molar-refractivity contribution is 6.33. The smallest absolute Gasteiger partial charge is 0.209 e. The number of nitrogens with zero attached hydrogens (tertiary/aromatic N) is 2. The highest BCUT2D eigenvalue weighted by Crippen LogP contribution is 2.44. The Bertz CT molecular complexity index is 1340. The van der Waals surface area contributed by atoms with Gasteiger partial charge in [-0.05, 0) is 56.4 Å². The van der Waals surface area contributed by atoms with Gasteiger partial charge in [-0.2, -0.15) is 4.58 Å². The van der Waals surface area contributed by atoms with E-state index in [2.05, 4.69) is 107 Å². The number of aliphatic imine (C=N–C) groups is 1. The first-order valence-corrected chi connectivity index (χ1v) is 12.6. The van der Waals surface area contributed by atoms with Gasteiger partial charge >= 0.3 is 0 Å². The highest BCUT2D eigenvalue weighted by atomic mass is 35.5. The molecule has 3 aliphatic rings. The number of rotatable bonds is 4. The fourth-order valence-electron chi connectivity index (χ4n) is 5.87. The Morgan fingerprint density at radius 2 is 1.62 bits per heavy atom. The first-order chi connectivity index (χ1) is 16.1. The van der Waals surface area contributed by atoms with Gasteiger partial charge in [-0.25, -0.2) is 0 Å². The maximum Gasteiger partial charge on any atom is 0.209 e. The van der Waals surface area contributed by atoms with Crippen LogP contribution >= 0.6 is 11.6 Å². The van der Waals surface area contributed by atoms with Gasteiger partial charge in [0.1, 0.15) is 7.05 Å². The predicted molar refractivity (Wildman–Crippen MR) is 145 cm³/mol. The van der Waals surface area contributed by atoms with Gasteiger partial charge in [-0.3, -0.25) is 4.99 Å². The Morgan fingerprint density at radius 3 is 2.32 bits per heavy atom. The van der Waals surface area contributed by atoms with Crippen molar-refractivity contribution in [2.24, 2.45) is 4.99 Å². The van der Waals surface area contributed by atoms with Crippen LogP contribution in [-0.4, -0.2) is 23.0 Å². The maximum atomic E-state index is 6.97. The van der Waals surface area contributed by atoms with E-state index in [1.807, 2.05) is 0 Å². The Labute approximate surface area is 209 Å². The van der Waals surface area contributed by atoms with Crippen molar-refractivity contribution >= 4 is 34.4 Å². The summed E-state index contributed by atoms with van der Waals surface area (Å²) in [5.41, 5.74) is 11.4. The molecule has 3 heteroatoms. The summed E-state index contributed by atoms with van der Waals surface area (Å²) >= 11 is 6.97. The summed E-state index contributed by atoms with van der Waals surface area (Å²) in [5.74, 6) is 0. The molecule has 0 aromatic heterocycles. The molecule has 34 heavy (non-hydrogen) atoms. The van der Waals surface area contributed by atoms with Gasteiger partial charge in [-0.15, -0.1) is 0 Å². The molecule has 0 saturated heterocycles. The number of allylic oxidation sites excluding steroid dienone is 6. The molecule has 2 aromatic rings. The molecule has 2 aromatic carbocycles. The Morgan fingerprint density at radius 1 is 0.941 bits per heavy atom. The highest BCUT2D eigenvalue weighted by Gasteiger charge is 2.42. The van der Waals surface area contributed by atoms with E-state index < -0.39 is 0 Å². The average Bonchev–Trinajstić information content (AvgIpc) is 3.36. The zero-order valence-electron chi connectivity index (χ0n) is 21.2. The lowest BCUT2D eigenvalue weighted by Gasteiger charge is -2.23. The molecule has 2 heterocycles. The quantitative estimate of drug-likeness (QED) is 0.400. The summed E-state index contributed by atoms with van der Waals surface area (Å²) in [6.07, 6.45) is 7.38. The van der Waals surface area contributed by atoms with Crippen LogP contribution in [0.1, 0.15) is 65.0 Å². The van der Waals surface area contributed by atoms with Crippen LogP contribution < -0.4 is 0 Å². The monoisotopic (exact) mass is 469 g/mol. The molecular weight excluding hydrogens is 436 g/mol. The molecule has 0 spiro atoms. The molecule has 5 rings (SSSR count). The second kappa shape index (κ2) is 8.20. The van der Waals surface area contributed by atoms with Crippen molar-refractivity contribution in [3.63, 3.8) is 0 Å². The van der Waals surface area contributed by atoms with Gasteiger partial charge in [-0.1, -0.05) is 73.5 Å². The van der Waals surface area contributed by atoms with Crippen LogP contribution in [0.3, 0.4) is 0 Å². The lowest BCUT2D eigenvalue weighted by molar-refractivity contribution is -0.401. The summed E-state index contributed by atoms with van der Waals surface area (Å²) in [7, 11) is 2.16. The van der Waals surface area contributed by atoms with Gasteiger partial charge in [0, 0.05) is 40.3 Å². The largest absolute Gasteiger partial charge is 0.256 e. The minimum absolute atomic E-state index is 0.0245. The number of para-hydroxylation sites is 2. The summed E-state index contributed by atoms with van der Waals surface area (Å²) < 4.78 is 2.31. The van der Waals surface area contributed by atoms with Crippen LogP contribution in [0.2, 0.25) is 0 Å². The van der Waals surface area contributed by atoms with Gasteiger partial charge in [0.25, 0.3) is 0 Å². The van der Waals surface area contributed by atoms with Gasteiger partial charge < -0.3 is 0 Å². The summed E-state index contributed by atoms with van der Waals surface area (Å²) in [6, 6.07) is 17.2. The molecule has 0 bridgehead atoms. The number of hydrogen-bond donors (Lipinski definition) is 0. The molecular formula is C31H34ClN2+. The van der Waals surface area contributed by atoms with Gasteiger partial charge in [0.2, 0.25) is 5.69 Å². The SMILES string of the molecule is CC(CC1=Nc2ccccc2C1(C)C)=C1CCC(C=CC2=[N+](C)c3ccccc3C2(C)C)=C1Cl. The number of halogens is 1. The van der Waals surface area contributed by atoms with Crippen LogP contribution in [0.15, 0.2) is 87.4 Å². The van der Waals surface area contributed by atoms with Crippen LogP contribution in [-0.2, 0) is 10.8 Å². The zero-order chi connectivity index (χ0) is 24.3. The predicted octanol–water partition coefficient (Wildman–Crippen LogP) is 8.31. The normalized spacial score (nSPS) is 21.9. The van der Waals surface area contributed by atoms with Crippen molar-refractivity contribution < 1.29 is 4.58 Å². The number of hydrogen-bond acceptors (Lipinski definition) is 1.